The van der Waals surface area contributed by atoms with Crippen LogP contribution >= 0.6 is 11.3 Å². The SMILES string of the molecule is COC(=O)c1c(NC(=O)c2cccc(N3C(=O)CCC3=O)c2)sc2ccccc12. The van der Waals surface area contributed by atoms with Crippen LogP contribution in [0.15, 0.2) is 48.5 Å². The molecule has 4 rings (SSSR count). The van der Waals surface area contributed by atoms with Gasteiger partial charge in [0.05, 0.1) is 12.8 Å². The molecule has 2 heterocycles. The summed E-state index contributed by atoms with van der Waals surface area (Å²) in [5.41, 5.74) is 0.917. The molecule has 0 bridgehead atoms. The summed E-state index contributed by atoms with van der Waals surface area (Å²) in [7, 11) is 1.29. The molecule has 3 aromatic rings. The number of benzene rings is 2. The molecule has 0 spiro atoms. The minimum absolute atomic E-state index is 0.166. The van der Waals surface area contributed by atoms with Gasteiger partial charge in [0.1, 0.15) is 10.6 Å². The van der Waals surface area contributed by atoms with Gasteiger partial charge in [-0.25, -0.2) is 4.79 Å². The number of carbonyl (C=O) groups is 4. The molecule has 0 radical (unpaired) electrons. The number of esters is 1. The zero-order valence-corrected chi connectivity index (χ0v) is 16.2. The Morgan fingerprint density at radius 3 is 2.48 bits per heavy atom. The number of thiophene rings is 1. The molecule has 7 nitrogen and oxygen atoms in total. The van der Waals surface area contributed by atoms with Gasteiger partial charge in [0.2, 0.25) is 11.8 Å². The van der Waals surface area contributed by atoms with Crippen molar-refractivity contribution in [3.63, 3.8) is 0 Å². The third-order valence-corrected chi connectivity index (χ3v) is 5.72. The molecule has 29 heavy (non-hydrogen) atoms. The predicted octanol–water partition coefficient (Wildman–Crippen LogP) is 3.59. The van der Waals surface area contributed by atoms with Gasteiger partial charge < -0.3 is 10.1 Å². The van der Waals surface area contributed by atoms with Crippen LogP contribution in [0.5, 0.6) is 0 Å². The molecule has 1 saturated heterocycles. The molecule has 3 amide bonds. The number of carbonyl (C=O) groups excluding carboxylic acids is 4. The van der Waals surface area contributed by atoms with Gasteiger partial charge >= 0.3 is 5.97 Å². The van der Waals surface area contributed by atoms with Crippen LogP contribution in [-0.4, -0.2) is 30.8 Å². The van der Waals surface area contributed by atoms with E-state index in [1.54, 1.807) is 30.3 Å². The standard InChI is InChI=1S/C21H16N2O5S/c1-28-21(27)18-14-7-2-3-8-15(14)29-20(18)22-19(26)12-5-4-6-13(11-12)23-16(24)9-10-17(23)25/h2-8,11H,9-10H2,1H3,(H,22,26). The van der Waals surface area contributed by atoms with Crippen LogP contribution in [0.1, 0.15) is 33.6 Å². The lowest BCUT2D eigenvalue weighted by Gasteiger charge is -2.14. The first-order valence-corrected chi connectivity index (χ1v) is 9.68. The van der Waals surface area contributed by atoms with Crippen molar-refractivity contribution in [3.8, 4) is 0 Å². The van der Waals surface area contributed by atoms with Crippen molar-refractivity contribution >= 4 is 55.8 Å². The molecule has 8 heteroatoms. The van der Waals surface area contributed by atoms with Crippen molar-refractivity contribution in [2.24, 2.45) is 0 Å². The highest BCUT2D eigenvalue weighted by Gasteiger charge is 2.30. The monoisotopic (exact) mass is 408 g/mol. The second-order valence-corrected chi connectivity index (χ2v) is 7.47. The molecule has 0 atom stereocenters. The van der Waals surface area contributed by atoms with Crippen molar-refractivity contribution in [3.05, 3.63) is 59.7 Å². The first-order valence-electron chi connectivity index (χ1n) is 8.86. The summed E-state index contributed by atoms with van der Waals surface area (Å²) in [6.45, 7) is 0. The van der Waals surface area contributed by atoms with E-state index in [1.165, 1.54) is 24.5 Å². The zero-order chi connectivity index (χ0) is 20.5. The highest BCUT2D eigenvalue weighted by Crippen LogP contribution is 2.36. The minimum atomic E-state index is -0.542. The van der Waals surface area contributed by atoms with E-state index in [2.05, 4.69) is 5.32 Å². The average molecular weight is 408 g/mol. The third-order valence-electron chi connectivity index (χ3n) is 4.63. The summed E-state index contributed by atoms with van der Waals surface area (Å²) >= 11 is 1.27. The van der Waals surface area contributed by atoms with Crippen molar-refractivity contribution in [1.29, 1.82) is 0 Å². The van der Waals surface area contributed by atoms with E-state index >= 15 is 0 Å². The molecule has 1 fully saturated rings. The second kappa shape index (κ2) is 7.48. The topological polar surface area (TPSA) is 92.8 Å². The molecular formula is C21H16N2O5S. The summed E-state index contributed by atoms with van der Waals surface area (Å²) in [4.78, 5) is 50.1. The Labute approximate surface area is 169 Å². The smallest absolute Gasteiger partial charge is 0.341 e. The van der Waals surface area contributed by atoms with Gasteiger partial charge in [-0.1, -0.05) is 24.3 Å². The normalized spacial score (nSPS) is 13.8. The second-order valence-electron chi connectivity index (χ2n) is 6.42. The fourth-order valence-electron chi connectivity index (χ4n) is 3.26. The molecular weight excluding hydrogens is 392 g/mol. The van der Waals surface area contributed by atoms with Gasteiger partial charge in [-0.05, 0) is 24.3 Å². The highest BCUT2D eigenvalue weighted by molar-refractivity contribution is 7.23. The molecule has 1 aromatic heterocycles. The summed E-state index contributed by atoms with van der Waals surface area (Å²) in [5, 5.41) is 3.83. The van der Waals surface area contributed by atoms with E-state index < -0.39 is 11.9 Å². The van der Waals surface area contributed by atoms with Crippen molar-refractivity contribution in [2.45, 2.75) is 12.8 Å². The number of ether oxygens (including phenoxy) is 1. The maximum Gasteiger partial charge on any atom is 0.341 e. The molecule has 2 aromatic carbocycles. The third kappa shape index (κ3) is 3.38. The van der Waals surface area contributed by atoms with E-state index in [0.717, 1.165) is 9.60 Å². The molecule has 0 saturated carbocycles. The van der Waals surface area contributed by atoms with Crippen molar-refractivity contribution in [2.75, 3.05) is 17.3 Å². The van der Waals surface area contributed by atoms with Gasteiger partial charge in [-0.2, -0.15) is 0 Å². The van der Waals surface area contributed by atoms with Gasteiger partial charge in [-0.15, -0.1) is 11.3 Å². The number of hydrogen-bond acceptors (Lipinski definition) is 6. The molecule has 1 aliphatic heterocycles. The van der Waals surface area contributed by atoms with Gasteiger partial charge in [-0.3, -0.25) is 19.3 Å². The molecule has 146 valence electrons. The summed E-state index contributed by atoms with van der Waals surface area (Å²) in [6, 6.07) is 13.6. The lowest BCUT2D eigenvalue weighted by molar-refractivity contribution is -0.121. The Hall–Kier alpha value is -3.52. The highest BCUT2D eigenvalue weighted by atomic mass is 32.1. The Bertz CT molecular complexity index is 1150. The van der Waals surface area contributed by atoms with E-state index in [9.17, 15) is 19.2 Å². The van der Waals surface area contributed by atoms with Crippen LogP contribution in [0.2, 0.25) is 0 Å². The number of amides is 3. The Morgan fingerprint density at radius 2 is 1.76 bits per heavy atom. The fourth-order valence-corrected chi connectivity index (χ4v) is 4.35. The number of rotatable bonds is 4. The quantitative estimate of drug-likeness (QED) is 0.526. The van der Waals surface area contributed by atoms with Gasteiger partial charge in [0.15, 0.2) is 0 Å². The first-order chi connectivity index (χ1) is 14.0. The summed E-state index contributed by atoms with van der Waals surface area (Å²) in [5.74, 6) is -1.57. The predicted molar refractivity (Wildman–Crippen MR) is 109 cm³/mol. The fraction of sp³-hybridized carbons (Fsp3) is 0.143. The van der Waals surface area contributed by atoms with E-state index in [4.69, 9.17) is 4.74 Å². The number of hydrogen-bond donors (Lipinski definition) is 1. The van der Waals surface area contributed by atoms with Gasteiger partial charge in [0.25, 0.3) is 5.91 Å². The average Bonchev–Trinajstić information content (AvgIpc) is 3.26. The van der Waals surface area contributed by atoms with E-state index in [1.807, 2.05) is 12.1 Å². The Morgan fingerprint density at radius 1 is 1.03 bits per heavy atom. The summed E-state index contributed by atoms with van der Waals surface area (Å²) < 4.78 is 5.71. The van der Waals surface area contributed by atoms with Crippen LogP contribution in [0.3, 0.4) is 0 Å². The Balaban J connectivity index is 1.67. The van der Waals surface area contributed by atoms with E-state index in [0.29, 0.717) is 21.6 Å². The molecule has 1 N–H and O–H groups in total. The summed E-state index contributed by atoms with van der Waals surface area (Å²) in [6.07, 6.45) is 0.332. The number of fused-ring (bicyclic) bond motifs is 1. The molecule has 0 aliphatic carbocycles. The number of nitrogens with one attached hydrogen (secondary N) is 1. The van der Waals surface area contributed by atoms with Crippen LogP contribution < -0.4 is 10.2 Å². The lowest BCUT2D eigenvalue weighted by Crippen LogP contribution is -2.28. The largest absolute Gasteiger partial charge is 0.465 e. The van der Waals surface area contributed by atoms with E-state index in [-0.39, 0.29) is 30.2 Å². The van der Waals surface area contributed by atoms with Gasteiger partial charge in [0, 0.05) is 28.5 Å². The number of nitrogens with zero attached hydrogens (tertiary/aromatic N) is 1. The number of imide groups is 1. The number of methoxy groups -OCH3 is 1. The Kier molecular flexibility index (Phi) is 4.85. The first kappa shape index (κ1) is 18.8. The maximum atomic E-state index is 12.8. The molecule has 0 unspecified atom stereocenters. The van der Waals surface area contributed by atoms with Crippen LogP contribution in [0, 0.1) is 0 Å². The minimum Gasteiger partial charge on any atom is -0.465 e. The lowest BCUT2D eigenvalue weighted by atomic mass is 10.1. The van der Waals surface area contributed by atoms with Crippen LogP contribution in [0.4, 0.5) is 10.7 Å². The van der Waals surface area contributed by atoms with Crippen molar-refractivity contribution < 1.29 is 23.9 Å². The zero-order valence-electron chi connectivity index (χ0n) is 15.4. The van der Waals surface area contributed by atoms with Crippen LogP contribution in [-0.2, 0) is 14.3 Å². The number of anilines is 2. The van der Waals surface area contributed by atoms with Crippen molar-refractivity contribution in [1.82, 2.24) is 0 Å². The molecule has 1 aliphatic rings. The van der Waals surface area contributed by atoms with Crippen LogP contribution in [0.25, 0.3) is 10.1 Å². The maximum absolute atomic E-state index is 12.8.